The highest BCUT2D eigenvalue weighted by molar-refractivity contribution is 7.17. The van der Waals surface area contributed by atoms with Crippen molar-refractivity contribution in [3.05, 3.63) is 57.0 Å². The molecule has 0 unspecified atom stereocenters. The fourth-order valence-corrected chi connectivity index (χ4v) is 4.18. The normalized spacial score (nSPS) is 12.0. The van der Waals surface area contributed by atoms with Crippen LogP contribution in [0, 0.1) is 6.92 Å². The summed E-state index contributed by atoms with van der Waals surface area (Å²) in [4.78, 5) is 45.5. The molecule has 0 saturated carbocycles. The number of nitrogens with one attached hydrogen (secondary N) is 2. The van der Waals surface area contributed by atoms with Crippen LogP contribution in [0.2, 0.25) is 0 Å². The molecule has 1 amide bonds. The van der Waals surface area contributed by atoms with Crippen molar-refractivity contribution in [1.82, 2.24) is 15.3 Å². The average molecular weight is 443 g/mol. The van der Waals surface area contributed by atoms with Gasteiger partial charge in [0.15, 0.2) is 0 Å². The molecule has 0 spiro atoms. The number of hydrogen-bond acceptors (Lipinski definition) is 6. The fraction of sp³-hybridized carbons (Fsp3) is 0.364. The maximum Gasteiger partial charge on any atom is 0.326 e. The zero-order chi connectivity index (χ0) is 22.5. The van der Waals surface area contributed by atoms with Gasteiger partial charge < -0.3 is 20.3 Å². The quantitative estimate of drug-likeness (QED) is 0.468. The molecule has 0 fully saturated rings. The number of fused-ring (bicyclic) bond motifs is 1. The summed E-state index contributed by atoms with van der Waals surface area (Å²) < 4.78 is 0. The zero-order valence-electron chi connectivity index (χ0n) is 17.8. The number of thiophene rings is 1. The van der Waals surface area contributed by atoms with Gasteiger partial charge in [0.05, 0.1) is 20.8 Å². The van der Waals surface area contributed by atoms with Gasteiger partial charge in [0.25, 0.3) is 11.5 Å². The number of nitrogens with zero attached hydrogens (tertiary/aromatic N) is 2. The number of carboxylic acid groups (broad SMARTS) is 1. The highest BCUT2D eigenvalue weighted by Gasteiger charge is 2.21. The van der Waals surface area contributed by atoms with Crippen molar-refractivity contribution in [1.29, 1.82) is 0 Å². The largest absolute Gasteiger partial charge is 0.480 e. The van der Waals surface area contributed by atoms with E-state index in [2.05, 4.69) is 15.3 Å². The van der Waals surface area contributed by atoms with Crippen LogP contribution in [-0.2, 0) is 11.3 Å². The van der Waals surface area contributed by atoms with Crippen LogP contribution in [0.1, 0.15) is 47.2 Å². The molecule has 0 aliphatic carbocycles. The number of aromatic nitrogens is 2. The number of carbonyl (C=O) groups is 2. The lowest BCUT2D eigenvalue weighted by Crippen LogP contribution is -2.40. The summed E-state index contributed by atoms with van der Waals surface area (Å²) in [6.45, 7) is 4.26. The monoisotopic (exact) mass is 442 g/mol. The van der Waals surface area contributed by atoms with Crippen LogP contribution in [0.15, 0.2) is 35.1 Å². The standard InChI is InChI=1S/C22H26N4O4S/c1-4-5-6-17(22(29)30)25-21(28)18-9-10-19(31-18)26(3)12-14-7-8-16-15(11-14)20(27)24-13(2)23-16/h7-11,17H,4-6,12H2,1-3H3,(H,25,28)(H,29,30)(H,23,24,27)/t17-/m0/s1. The summed E-state index contributed by atoms with van der Waals surface area (Å²) in [6.07, 6.45) is 2.01. The van der Waals surface area contributed by atoms with E-state index in [0.717, 1.165) is 28.9 Å². The third kappa shape index (κ3) is 5.49. The number of unbranched alkanes of at least 4 members (excludes halogenated alkanes) is 1. The first-order valence-electron chi connectivity index (χ1n) is 10.1. The summed E-state index contributed by atoms with van der Waals surface area (Å²) >= 11 is 1.30. The van der Waals surface area contributed by atoms with Crippen molar-refractivity contribution in [2.24, 2.45) is 0 Å². The molecule has 3 aromatic rings. The number of aliphatic carboxylic acids is 1. The van der Waals surface area contributed by atoms with E-state index in [0.29, 0.717) is 29.1 Å². The van der Waals surface area contributed by atoms with Gasteiger partial charge in [-0.1, -0.05) is 25.8 Å². The van der Waals surface area contributed by atoms with Crippen molar-refractivity contribution < 1.29 is 14.7 Å². The van der Waals surface area contributed by atoms with Crippen LogP contribution in [0.25, 0.3) is 10.9 Å². The van der Waals surface area contributed by atoms with Gasteiger partial charge in [0.2, 0.25) is 0 Å². The van der Waals surface area contributed by atoms with Gasteiger partial charge in [-0.25, -0.2) is 4.79 Å². The van der Waals surface area contributed by atoms with Gasteiger partial charge in [-0.3, -0.25) is 9.59 Å². The van der Waals surface area contributed by atoms with E-state index in [1.54, 1.807) is 13.0 Å². The van der Waals surface area contributed by atoms with Crippen LogP contribution in [-0.4, -0.2) is 40.0 Å². The maximum atomic E-state index is 12.5. The summed E-state index contributed by atoms with van der Waals surface area (Å²) in [5.74, 6) is -0.829. The molecule has 0 aliphatic rings. The Morgan fingerprint density at radius 2 is 2.06 bits per heavy atom. The lowest BCUT2D eigenvalue weighted by molar-refractivity contribution is -0.139. The lowest BCUT2D eigenvalue weighted by Gasteiger charge is -2.17. The maximum absolute atomic E-state index is 12.5. The van der Waals surface area contributed by atoms with Crippen LogP contribution >= 0.6 is 11.3 Å². The minimum atomic E-state index is -1.02. The van der Waals surface area contributed by atoms with E-state index < -0.39 is 12.0 Å². The number of aromatic amines is 1. The Hall–Kier alpha value is -3.20. The third-order valence-electron chi connectivity index (χ3n) is 4.96. The number of H-pyrrole nitrogens is 1. The second-order valence-electron chi connectivity index (χ2n) is 7.51. The van der Waals surface area contributed by atoms with E-state index in [1.807, 2.05) is 43.1 Å². The second kappa shape index (κ2) is 9.74. The number of rotatable bonds is 9. The topological polar surface area (TPSA) is 115 Å². The highest BCUT2D eigenvalue weighted by atomic mass is 32.1. The number of hydrogen-bond donors (Lipinski definition) is 3. The first kappa shape index (κ1) is 22.5. The first-order valence-corrected chi connectivity index (χ1v) is 10.9. The van der Waals surface area contributed by atoms with E-state index in [-0.39, 0.29) is 11.5 Å². The summed E-state index contributed by atoms with van der Waals surface area (Å²) in [7, 11) is 1.90. The van der Waals surface area contributed by atoms with E-state index in [4.69, 9.17) is 0 Å². The smallest absolute Gasteiger partial charge is 0.326 e. The Kier molecular flexibility index (Phi) is 7.06. The zero-order valence-corrected chi connectivity index (χ0v) is 18.6. The minimum absolute atomic E-state index is 0.262. The molecule has 0 saturated heterocycles. The highest BCUT2D eigenvalue weighted by Crippen LogP contribution is 2.27. The number of carboxylic acids is 1. The molecule has 3 rings (SSSR count). The van der Waals surface area contributed by atoms with Crippen molar-refractivity contribution in [2.75, 3.05) is 11.9 Å². The molecule has 31 heavy (non-hydrogen) atoms. The molecule has 3 N–H and O–H groups in total. The Morgan fingerprint density at radius 3 is 2.77 bits per heavy atom. The fourth-order valence-electron chi connectivity index (χ4n) is 3.31. The SMILES string of the molecule is CCCC[C@H](NC(=O)c1ccc(N(C)Cc2ccc3[nH]c(C)nc(=O)c3c2)s1)C(=O)O. The molecule has 164 valence electrons. The molecule has 2 aromatic heterocycles. The number of benzene rings is 1. The van der Waals surface area contributed by atoms with Crippen molar-refractivity contribution >= 4 is 39.1 Å². The Morgan fingerprint density at radius 1 is 1.29 bits per heavy atom. The van der Waals surface area contributed by atoms with Gasteiger partial charge in [-0.15, -0.1) is 11.3 Å². The summed E-state index contributed by atoms with van der Waals surface area (Å²) in [6, 6.07) is 8.28. The Bertz CT molecular complexity index is 1150. The van der Waals surface area contributed by atoms with Crippen LogP contribution in [0.3, 0.4) is 0 Å². The summed E-state index contributed by atoms with van der Waals surface area (Å²) in [5, 5.41) is 13.3. The number of carbonyl (C=O) groups excluding carboxylic acids is 1. The van der Waals surface area contributed by atoms with Crippen molar-refractivity contribution in [3.63, 3.8) is 0 Å². The predicted molar refractivity (Wildman–Crippen MR) is 122 cm³/mol. The average Bonchev–Trinajstić information content (AvgIpc) is 3.21. The molecule has 0 radical (unpaired) electrons. The second-order valence-corrected chi connectivity index (χ2v) is 8.57. The van der Waals surface area contributed by atoms with Gasteiger partial charge in [-0.05, 0) is 43.2 Å². The van der Waals surface area contributed by atoms with Crippen molar-refractivity contribution in [2.45, 2.75) is 45.7 Å². The molecule has 8 nitrogen and oxygen atoms in total. The van der Waals surface area contributed by atoms with Gasteiger partial charge in [0, 0.05) is 13.6 Å². The third-order valence-corrected chi connectivity index (χ3v) is 6.16. The van der Waals surface area contributed by atoms with E-state index in [9.17, 15) is 19.5 Å². The lowest BCUT2D eigenvalue weighted by atomic mass is 10.1. The van der Waals surface area contributed by atoms with Crippen molar-refractivity contribution in [3.8, 4) is 0 Å². The number of anilines is 1. The Labute approximate surface area is 183 Å². The van der Waals surface area contributed by atoms with Gasteiger partial charge in [0.1, 0.15) is 11.9 Å². The molecule has 2 heterocycles. The van der Waals surface area contributed by atoms with Gasteiger partial charge >= 0.3 is 5.97 Å². The molecular weight excluding hydrogens is 416 g/mol. The number of amides is 1. The molecule has 9 heteroatoms. The molecule has 1 aromatic carbocycles. The van der Waals surface area contributed by atoms with E-state index in [1.165, 1.54) is 11.3 Å². The van der Waals surface area contributed by atoms with Crippen LogP contribution in [0.4, 0.5) is 5.00 Å². The van der Waals surface area contributed by atoms with Crippen LogP contribution < -0.4 is 15.8 Å². The van der Waals surface area contributed by atoms with E-state index >= 15 is 0 Å². The minimum Gasteiger partial charge on any atom is -0.480 e. The van der Waals surface area contributed by atoms with Gasteiger partial charge in [-0.2, -0.15) is 4.98 Å². The predicted octanol–water partition coefficient (Wildman–Crippen LogP) is 3.30. The number of aryl methyl sites for hydroxylation is 1. The molecule has 1 atom stereocenters. The molecular formula is C22H26N4O4S. The first-order chi connectivity index (χ1) is 14.8. The van der Waals surface area contributed by atoms with Crippen LogP contribution in [0.5, 0.6) is 0 Å². The molecule has 0 bridgehead atoms. The molecule has 0 aliphatic heterocycles. The Balaban J connectivity index is 1.70. The summed E-state index contributed by atoms with van der Waals surface area (Å²) in [5.41, 5.74) is 1.42.